The van der Waals surface area contributed by atoms with E-state index in [0.717, 1.165) is 39.4 Å². The van der Waals surface area contributed by atoms with Crippen molar-refractivity contribution in [2.75, 3.05) is 0 Å². The van der Waals surface area contributed by atoms with Crippen LogP contribution in [-0.4, -0.2) is 20.8 Å². The van der Waals surface area contributed by atoms with Crippen LogP contribution in [0.5, 0.6) is 5.88 Å². The van der Waals surface area contributed by atoms with E-state index >= 15 is 0 Å². The van der Waals surface area contributed by atoms with Crippen molar-refractivity contribution in [3.05, 3.63) is 74.5 Å². The van der Waals surface area contributed by atoms with Gasteiger partial charge in [-0.25, -0.2) is 4.99 Å². The number of hydrogen-bond donors (Lipinski definition) is 2. The molecular weight excluding hydrogens is 310 g/mol. The summed E-state index contributed by atoms with van der Waals surface area (Å²) in [4.78, 5) is 22.7. The number of aromatic nitrogens is 2. The SMILES string of the molecule is O=c1[nH]c(O)c(/C=C2\C(c3ccncc3)=Nc3ccccc32)s1. The number of nitrogens with one attached hydrogen (secondary N) is 1. The molecule has 23 heavy (non-hydrogen) atoms. The summed E-state index contributed by atoms with van der Waals surface area (Å²) < 4.78 is 0. The Morgan fingerprint density at radius 2 is 1.91 bits per heavy atom. The lowest BCUT2D eigenvalue weighted by molar-refractivity contribution is 0.455. The molecule has 2 aromatic heterocycles. The van der Waals surface area contributed by atoms with Gasteiger partial charge in [-0.15, -0.1) is 0 Å². The van der Waals surface area contributed by atoms with E-state index in [4.69, 9.17) is 4.99 Å². The lowest BCUT2D eigenvalue weighted by Gasteiger charge is -2.05. The highest BCUT2D eigenvalue weighted by molar-refractivity contribution is 7.10. The van der Waals surface area contributed by atoms with Crippen molar-refractivity contribution in [1.29, 1.82) is 0 Å². The largest absolute Gasteiger partial charge is 0.493 e. The van der Waals surface area contributed by atoms with E-state index < -0.39 is 0 Å². The molecule has 5 nitrogen and oxygen atoms in total. The molecule has 0 amide bonds. The first-order valence-electron chi connectivity index (χ1n) is 6.95. The van der Waals surface area contributed by atoms with Crippen LogP contribution in [0.2, 0.25) is 0 Å². The number of fused-ring (bicyclic) bond motifs is 1. The first kappa shape index (κ1) is 13.7. The Bertz CT molecular complexity index is 1000. The van der Waals surface area contributed by atoms with Gasteiger partial charge in [0.25, 0.3) is 0 Å². The maximum Gasteiger partial charge on any atom is 0.307 e. The maximum absolute atomic E-state index is 11.4. The number of thiazole rings is 1. The van der Waals surface area contributed by atoms with Crippen LogP contribution in [-0.2, 0) is 0 Å². The van der Waals surface area contributed by atoms with Crippen molar-refractivity contribution in [2.45, 2.75) is 0 Å². The number of aromatic hydroxyl groups is 1. The van der Waals surface area contributed by atoms with Gasteiger partial charge in [0, 0.05) is 29.1 Å². The van der Waals surface area contributed by atoms with E-state index in [1.165, 1.54) is 0 Å². The monoisotopic (exact) mass is 321 g/mol. The number of aromatic amines is 1. The van der Waals surface area contributed by atoms with Crippen molar-refractivity contribution < 1.29 is 5.11 Å². The van der Waals surface area contributed by atoms with Gasteiger partial charge in [0.15, 0.2) is 0 Å². The van der Waals surface area contributed by atoms with Gasteiger partial charge >= 0.3 is 4.87 Å². The van der Waals surface area contributed by atoms with Gasteiger partial charge in [-0.2, -0.15) is 0 Å². The van der Waals surface area contributed by atoms with Crippen LogP contribution >= 0.6 is 11.3 Å². The Morgan fingerprint density at radius 1 is 1.13 bits per heavy atom. The molecule has 0 atom stereocenters. The van der Waals surface area contributed by atoms with E-state index in [-0.39, 0.29) is 10.8 Å². The summed E-state index contributed by atoms with van der Waals surface area (Å²) in [7, 11) is 0. The summed E-state index contributed by atoms with van der Waals surface area (Å²) in [6.45, 7) is 0. The van der Waals surface area contributed by atoms with Crippen molar-refractivity contribution in [1.82, 2.24) is 9.97 Å². The minimum absolute atomic E-state index is 0.119. The lowest BCUT2D eigenvalue weighted by atomic mass is 9.98. The normalized spacial score (nSPS) is 14.8. The summed E-state index contributed by atoms with van der Waals surface area (Å²) in [5.41, 5.74) is 4.45. The molecule has 2 N–H and O–H groups in total. The Balaban J connectivity index is 1.92. The van der Waals surface area contributed by atoms with Crippen molar-refractivity contribution in [3.8, 4) is 5.88 Å². The van der Waals surface area contributed by atoms with E-state index in [2.05, 4.69) is 9.97 Å². The van der Waals surface area contributed by atoms with Gasteiger partial charge in [-0.3, -0.25) is 14.8 Å². The molecule has 112 valence electrons. The fourth-order valence-electron chi connectivity index (χ4n) is 2.54. The molecule has 0 unspecified atom stereocenters. The van der Waals surface area contributed by atoms with Gasteiger partial charge in [0.05, 0.1) is 16.3 Å². The second-order valence-corrected chi connectivity index (χ2v) is 6.01. The molecule has 1 aromatic carbocycles. The fourth-order valence-corrected chi connectivity index (χ4v) is 3.22. The second-order valence-electron chi connectivity index (χ2n) is 5.00. The van der Waals surface area contributed by atoms with Crippen LogP contribution in [0.3, 0.4) is 0 Å². The zero-order valence-corrected chi connectivity index (χ0v) is 12.7. The van der Waals surface area contributed by atoms with Crippen LogP contribution in [0.25, 0.3) is 11.6 Å². The van der Waals surface area contributed by atoms with E-state index in [1.54, 1.807) is 18.5 Å². The third-order valence-electron chi connectivity index (χ3n) is 3.57. The number of nitrogens with zero attached hydrogens (tertiary/aromatic N) is 2. The zero-order valence-electron chi connectivity index (χ0n) is 11.9. The molecule has 0 spiro atoms. The molecule has 1 aliphatic heterocycles. The minimum Gasteiger partial charge on any atom is -0.493 e. The zero-order chi connectivity index (χ0) is 15.8. The van der Waals surface area contributed by atoms with Crippen LogP contribution < -0.4 is 4.87 Å². The summed E-state index contributed by atoms with van der Waals surface area (Å²) >= 11 is 0.968. The van der Waals surface area contributed by atoms with Crippen LogP contribution in [0, 0.1) is 0 Å². The first-order valence-corrected chi connectivity index (χ1v) is 7.76. The molecule has 0 saturated heterocycles. The highest BCUT2D eigenvalue weighted by atomic mass is 32.1. The third kappa shape index (κ3) is 2.39. The smallest absolute Gasteiger partial charge is 0.307 e. The number of para-hydroxylation sites is 1. The Labute approximate surface area is 135 Å². The predicted octanol–water partition coefficient (Wildman–Crippen LogP) is 3.21. The van der Waals surface area contributed by atoms with E-state index in [1.807, 2.05) is 36.4 Å². The quantitative estimate of drug-likeness (QED) is 0.761. The number of allylic oxidation sites excluding steroid dienone is 1. The number of hydrogen-bond acceptors (Lipinski definition) is 5. The highest BCUT2D eigenvalue weighted by Gasteiger charge is 2.22. The van der Waals surface area contributed by atoms with Gasteiger partial charge < -0.3 is 5.11 Å². The molecule has 4 rings (SSSR count). The summed E-state index contributed by atoms with van der Waals surface area (Å²) in [6.07, 6.45) is 5.22. The minimum atomic E-state index is -0.289. The molecule has 0 fully saturated rings. The van der Waals surface area contributed by atoms with Crippen molar-refractivity contribution >= 4 is 34.4 Å². The average molecular weight is 321 g/mol. The molecular formula is C17H11N3O2S. The molecule has 0 bridgehead atoms. The number of benzene rings is 1. The predicted molar refractivity (Wildman–Crippen MR) is 91.4 cm³/mol. The van der Waals surface area contributed by atoms with E-state index in [0.29, 0.717) is 4.88 Å². The number of pyridine rings is 1. The third-order valence-corrected chi connectivity index (χ3v) is 4.39. The van der Waals surface area contributed by atoms with Crippen LogP contribution in [0.15, 0.2) is 58.6 Å². The second kappa shape index (κ2) is 5.33. The topological polar surface area (TPSA) is 78.3 Å². The lowest BCUT2D eigenvalue weighted by Crippen LogP contribution is -1.99. The van der Waals surface area contributed by atoms with Gasteiger partial charge in [0.2, 0.25) is 5.88 Å². The first-order chi connectivity index (χ1) is 11.2. The fraction of sp³-hybridized carbons (Fsp3) is 0. The average Bonchev–Trinajstić information content (AvgIpc) is 3.09. The molecule has 0 aliphatic carbocycles. The Hall–Kier alpha value is -2.99. The van der Waals surface area contributed by atoms with Gasteiger partial charge in [0.1, 0.15) is 0 Å². The maximum atomic E-state index is 11.4. The number of aliphatic imine (C=N–C) groups is 1. The van der Waals surface area contributed by atoms with Crippen molar-refractivity contribution in [2.24, 2.45) is 4.99 Å². The highest BCUT2D eigenvalue weighted by Crippen LogP contribution is 2.38. The molecule has 0 radical (unpaired) electrons. The summed E-state index contributed by atoms with van der Waals surface area (Å²) in [5, 5.41) is 9.86. The van der Waals surface area contributed by atoms with E-state index in [9.17, 15) is 9.90 Å². The summed E-state index contributed by atoms with van der Waals surface area (Å²) in [5.74, 6) is -0.119. The number of H-pyrrole nitrogens is 1. The molecule has 1 aliphatic rings. The molecule has 3 aromatic rings. The summed E-state index contributed by atoms with van der Waals surface area (Å²) in [6, 6.07) is 11.6. The van der Waals surface area contributed by atoms with Gasteiger partial charge in [-0.1, -0.05) is 29.5 Å². The van der Waals surface area contributed by atoms with Crippen LogP contribution in [0.4, 0.5) is 5.69 Å². The molecule has 3 heterocycles. The van der Waals surface area contributed by atoms with Gasteiger partial charge in [-0.05, 0) is 24.3 Å². The standard InChI is InChI=1S/C17H11N3O2S/c21-16-14(23-17(22)20-16)9-12-11-3-1-2-4-13(11)19-15(12)10-5-7-18-8-6-10/h1-9,21H,(H,20,22)/b12-9-. The van der Waals surface area contributed by atoms with Crippen LogP contribution in [0.1, 0.15) is 16.0 Å². The van der Waals surface area contributed by atoms with Crippen molar-refractivity contribution in [3.63, 3.8) is 0 Å². The molecule has 6 heteroatoms. The number of rotatable bonds is 2. The Morgan fingerprint density at radius 3 is 2.65 bits per heavy atom. The Kier molecular flexibility index (Phi) is 3.17. The molecule has 0 saturated carbocycles.